The summed E-state index contributed by atoms with van der Waals surface area (Å²) in [5.74, 6) is 0.623. The van der Waals surface area contributed by atoms with Gasteiger partial charge in [-0.3, -0.25) is 9.48 Å². The fourth-order valence-electron chi connectivity index (χ4n) is 3.52. The van der Waals surface area contributed by atoms with Crippen molar-refractivity contribution in [3.8, 4) is 17.1 Å². The van der Waals surface area contributed by atoms with Gasteiger partial charge < -0.3 is 15.4 Å². The van der Waals surface area contributed by atoms with Gasteiger partial charge in [0, 0.05) is 24.3 Å². The molecule has 2 aromatic carbocycles. The third kappa shape index (κ3) is 5.78. The van der Waals surface area contributed by atoms with Crippen LogP contribution in [0.3, 0.4) is 0 Å². The maximum Gasteiger partial charge on any atom is 0.251 e. The topological polar surface area (TPSA) is 94.0 Å². The van der Waals surface area contributed by atoms with E-state index in [1.54, 1.807) is 25.3 Å². The van der Waals surface area contributed by atoms with Crippen LogP contribution >= 0.6 is 11.6 Å². The molecule has 0 unspecified atom stereocenters. The van der Waals surface area contributed by atoms with E-state index in [4.69, 9.17) is 16.3 Å². The minimum atomic E-state index is -0.192. The van der Waals surface area contributed by atoms with Gasteiger partial charge in [0.1, 0.15) is 17.1 Å². The maximum absolute atomic E-state index is 12.7. The summed E-state index contributed by atoms with van der Waals surface area (Å²) >= 11 is 6.35. The average Bonchev–Trinajstić information content (AvgIpc) is 3.34. The summed E-state index contributed by atoms with van der Waals surface area (Å²) in [5.41, 5.74) is 4.46. The zero-order valence-electron chi connectivity index (χ0n) is 20.0. The molecule has 0 aliphatic heterocycles. The molecule has 2 aromatic heterocycles. The zero-order valence-corrected chi connectivity index (χ0v) is 20.8. The van der Waals surface area contributed by atoms with Gasteiger partial charge in [-0.25, -0.2) is 9.97 Å². The summed E-state index contributed by atoms with van der Waals surface area (Å²) in [5, 5.41) is 11.0. The molecule has 0 aliphatic carbocycles. The molecule has 8 nitrogen and oxygen atoms in total. The molecule has 2 N–H and O–H groups in total. The molecule has 4 aromatic rings. The second-order valence-electron chi connectivity index (χ2n) is 8.38. The molecule has 0 saturated heterocycles. The smallest absolute Gasteiger partial charge is 0.251 e. The predicted molar refractivity (Wildman–Crippen MR) is 137 cm³/mol. The van der Waals surface area contributed by atoms with Gasteiger partial charge in [-0.2, -0.15) is 5.10 Å². The third-order valence-corrected chi connectivity index (χ3v) is 5.65. The number of aryl methyl sites for hydroxylation is 1. The SMILES string of the molecule is COc1cc(C(=O)NCc2cccc(C)c2)ccc1Nc1ncc(Cl)c(-c2ccn(C(C)C)n2)n1. The number of hydrogen-bond acceptors (Lipinski definition) is 6. The van der Waals surface area contributed by atoms with Crippen LogP contribution in [0.15, 0.2) is 60.9 Å². The first kappa shape index (κ1) is 24.2. The average molecular weight is 491 g/mol. The Hall–Kier alpha value is -3.91. The van der Waals surface area contributed by atoms with E-state index in [2.05, 4.69) is 25.7 Å². The minimum absolute atomic E-state index is 0.192. The van der Waals surface area contributed by atoms with Crippen LogP contribution in [-0.2, 0) is 6.54 Å². The van der Waals surface area contributed by atoms with Crippen LogP contribution in [0.4, 0.5) is 11.6 Å². The Balaban J connectivity index is 1.51. The van der Waals surface area contributed by atoms with Crippen molar-refractivity contribution in [2.45, 2.75) is 33.4 Å². The van der Waals surface area contributed by atoms with Crippen LogP contribution in [0, 0.1) is 6.92 Å². The molecule has 4 rings (SSSR count). The van der Waals surface area contributed by atoms with E-state index in [0.717, 1.165) is 11.1 Å². The van der Waals surface area contributed by atoms with E-state index < -0.39 is 0 Å². The fourth-order valence-corrected chi connectivity index (χ4v) is 3.71. The van der Waals surface area contributed by atoms with Crippen molar-refractivity contribution in [1.82, 2.24) is 25.1 Å². The molecule has 35 heavy (non-hydrogen) atoms. The number of ether oxygens (including phenoxy) is 1. The summed E-state index contributed by atoms with van der Waals surface area (Å²) in [4.78, 5) is 21.5. The molecule has 0 bridgehead atoms. The highest BCUT2D eigenvalue weighted by molar-refractivity contribution is 6.32. The van der Waals surface area contributed by atoms with Gasteiger partial charge in [0.2, 0.25) is 5.95 Å². The fraction of sp³-hybridized carbons (Fsp3) is 0.231. The van der Waals surface area contributed by atoms with E-state index in [1.165, 1.54) is 6.20 Å². The Kier molecular flexibility index (Phi) is 7.31. The summed E-state index contributed by atoms with van der Waals surface area (Å²) in [6.07, 6.45) is 3.41. The molecule has 1 amide bonds. The molecule has 0 atom stereocenters. The number of carbonyl (C=O) groups excluding carboxylic acids is 1. The molecule has 0 spiro atoms. The van der Waals surface area contributed by atoms with Crippen LogP contribution in [0.5, 0.6) is 5.75 Å². The summed E-state index contributed by atoms with van der Waals surface area (Å²) in [6, 6.07) is 15.3. The molecule has 9 heteroatoms. The van der Waals surface area contributed by atoms with Gasteiger partial charge in [-0.05, 0) is 50.6 Å². The van der Waals surface area contributed by atoms with Gasteiger partial charge in [0.25, 0.3) is 5.91 Å². The second kappa shape index (κ2) is 10.6. The molecule has 2 heterocycles. The number of hydrogen-bond donors (Lipinski definition) is 2. The molecular weight excluding hydrogens is 464 g/mol. The number of rotatable bonds is 8. The predicted octanol–water partition coefficient (Wildman–Crippen LogP) is 5.57. The van der Waals surface area contributed by atoms with Crippen molar-refractivity contribution in [3.05, 3.63) is 82.6 Å². The lowest BCUT2D eigenvalue weighted by atomic mass is 10.1. The number of amides is 1. The van der Waals surface area contributed by atoms with E-state index in [9.17, 15) is 4.79 Å². The van der Waals surface area contributed by atoms with E-state index in [1.807, 2.05) is 62.0 Å². The number of benzene rings is 2. The van der Waals surface area contributed by atoms with Gasteiger partial charge in [-0.15, -0.1) is 0 Å². The lowest BCUT2D eigenvalue weighted by molar-refractivity contribution is 0.0950. The number of methoxy groups -OCH3 is 1. The van der Waals surface area contributed by atoms with E-state index in [0.29, 0.717) is 45.9 Å². The van der Waals surface area contributed by atoms with Gasteiger partial charge in [0.15, 0.2) is 0 Å². The number of carbonyl (C=O) groups is 1. The maximum atomic E-state index is 12.7. The van der Waals surface area contributed by atoms with Crippen LogP contribution in [0.1, 0.15) is 41.4 Å². The first-order valence-electron chi connectivity index (χ1n) is 11.2. The van der Waals surface area contributed by atoms with Crippen molar-refractivity contribution in [2.75, 3.05) is 12.4 Å². The number of nitrogens with one attached hydrogen (secondary N) is 2. The van der Waals surface area contributed by atoms with Crippen LogP contribution in [-0.4, -0.2) is 32.8 Å². The number of anilines is 2. The Bertz CT molecular complexity index is 1350. The van der Waals surface area contributed by atoms with E-state index >= 15 is 0 Å². The lowest BCUT2D eigenvalue weighted by Crippen LogP contribution is -2.22. The van der Waals surface area contributed by atoms with Crippen molar-refractivity contribution < 1.29 is 9.53 Å². The van der Waals surface area contributed by atoms with Crippen molar-refractivity contribution in [1.29, 1.82) is 0 Å². The van der Waals surface area contributed by atoms with Crippen molar-refractivity contribution >= 4 is 29.1 Å². The van der Waals surface area contributed by atoms with Crippen LogP contribution in [0.25, 0.3) is 11.4 Å². The van der Waals surface area contributed by atoms with Crippen molar-refractivity contribution in [3.63, 3.8) is 0 Å². The van der Waals surface area contributed by atoms with Crippen LogP contribution < -0.4 is 15.4 Å². The zero-order chi connectivity index (χ0) is 24.9. The monoisotopic (exact) mass is 490 g/mol. The quantitative estimate of drug-likeness (QED) is 0.335. The van der Waals surface area contributed by atoms with Gasteiger partial charge in [0.05, 0.1) is 24.0 Å². The molecular formula is C26H27ClN6O2. The number of nitrogens with zero attached hydrogens (tertiary/aromatic N) is 4. The summed E-state index contributed by atoms with van der Waals surface area (Å²) < 4.78 is 7.36. The minimum Gasteiger partial charge on any atom is -0.495 e. The third-order valence-electron chi connectivity index (χ3n) is 5.37. The van der Waals surface area contributed by atoms with E-state index in [-0.39, 0.29) is 11.9 Å². The largest absolute Gasteiger partial charge is 0.495 e. The molecule has 180 valence electrons. The second-order valence-corrected chi connectivity index (χ2v) is 8.78. The first-order chi connectivity index (χ1) is 16.8. The molecule has 0 aliphatic rings. The Morgan fingerprint density at radius 1 is 1.17 bits per heavy atom. The Labute approximate surface area is 209 Å². The normalized spacial score (nSPS) is 10.9. The van der Waals surface area contributed by atoms with Gasteiger partial charge in [-0.1, -0.05) is 41.4 Å². The highest BCUT2D eigenvalue weighted by Crippen LogP contribution is 2.30. The lowest BCUT2D eigenvalue weighted by Gasteiger charge is -2.13. The van der Waals surface area contributed by atoms with Crippen molar-refractivity contribution in [2.24, 2.45) is 0 Å². The highest BCUT2D eigenvalue weighted by Gasteiger charge is 2.15. The summed E-state index contributed by atoms with van der Waals surface area (Å²) in [6.45, 7) is 6.55. The Morgan fingerprint density at radius 2 is 2.00 bits per heavy atom. The molecule has 0 radical (unpaired) electrons. The molecule has 0 fully saturated rings. The number of halogens is 1. The number of aromatic nitrogens is 4. The van der Waals surface area contributed by atoms with Gasteiger partial charge >= 0.3 is 0 Å². The first-order valence-corrected chi connectivity index (χ1v) is 11.6. The highest BCUT2D eigenvalue weighted by atomic mass is 35.5. The molecule has 0 saturated carbocycles. The van der Waals surface area contributed by atoms with Crippen LogP contribution in [0.2, 0.25) is 5.02 Å². The Morgan fingerprint density at radius 3 is 2.71 bits per heavy atom. The summed E-state index contributed by atoms with van der Waals surface area (Å²) in [7, 11) is 1.54. The standard InChI is InChI=1S/C26H27ClN6O2/c1-16(2)33-11-10-22(32-33)24-20(27)15-29-26(31-24)30-21-9-8-19(13-23(21)35-4)25(34)28-14-18-7-5-6-17(3)12-18/h5-13,15-16H,14H2,1-4H3,(H,28,34)(H,29,30,31).